The Balaban J connectivity index is 2.82. The summed E-state index contributed by atoms with van der Waals surface area (Å²) in [4.78, 5) is 25.8. The maximum atomic E-state index is 12.4. The van der Waals surface area contributed by atoms with Crippen LogP contribution in [0.15, 0.2) is 0 Å². The van der Waals surface area contributed by atoms with E-state index in [-0.39, 0.29) is 17.2 Å². The van der Waals surface area contributed by atoms with Crippen LogP contribution in [0, 0.1) is 17.3 Å². The van der Waals surface area contributed by atoms with E-state index in [1.807, 2.05) is 20.8 Å². The van der Waals surface area contributed by atoms with Gasteiger partial charge in [-0.1, -0.05) is 20.8 Å². The number of rotatable bonds is 2. The van der Waals surface area contributed by atoms with Gasteiger partial charge >= 0.3 is 0 Å². The van der Waals surface area contributed by atoms with Crippen LogP contribution in [0.25, 0.3) is 0 Å². The summed E-state index contributed by atoms with van der Waals surface area (Å²) in [5.74, 6) is 5.73. The maximum Gasteiger partial charge on any atom is 0.245 e. The van der Waals surface area contributed by atoms with Gasteiger partial charge in [0.2, 0.25) is 11.8 Å². The Labute approximate surface area is 109 Å². The number of amides is 2. The molecule has 0 aromatic carbocycles. The van der Waals surface area contributed by atoms with E-state index in [1.54, 1.807) is 11.8 Å². The van der Waals surface area contributed by atoms with Crippen molar-refractivity contribution in [3.63, 3.8) is 0 Å². The molecule has 0 bridgehead atoms. The minimum Gasteiger partial charge on any atom is -0.344 e. The molecule has 1 unspecified atom stereocenters. The lowest BCUT2D eigenvalue weighted by molar-refractivity contribution is -0.136. The highest BCUT2D eigenvalue weighted by atomic mass is 16.2. The fourth-order valence-corrected chi connectivity index (χ4v) is 1.95. The van der Waals surface area contributed by atoms with E-state index in [2.05, 4.69) is 17.2 Å². The minimum atomic E-state index is -0.443. The van der Waals surface area contributed by atoms with Gasteiger partial charge in [0.15, 0.2) is 0 Å². The van der Waals surface area contributed by atoms with Gasteiger partial charge in [0, 0.05) is 25.9 Å². The summed E-state index contributed by atoms with van der Waals surface area (Å²) in [5.41, 5.74) is -0.272. The maximum absolute atomic E-state index is 12.4. The summed E-state index contributed by atoms with van der Waals surface area (Å²) in [5, 5.41) is 2.82. The fourth-order valence-electron chi connectivity index (χ4n) is 1.95. The van der Waals surface area contributed by atoms with Crippen LogP contribution in [0.5, 0.6) is 0 Å². The van der Waals surface area contributed by atoms with Crippen molar-refractivity contribution >= 4 is 11.8 Å². The lowest BCUT2D eigenvalue weighted by atomic mass is 9.86. The van der Waals surface area contributed by atoms with E-state index in [1.165, 1.54) is 0 Å². The van der Waals surface area contributed by atoms with E-state index in [9.17, 15) is 9.59 Å². The molecule has 1 saturated heterocycles. The molecule has 2 amide bonds. The molecule has 1 fully saturated rings. The Bertz CT molecular complexity index is 385. The standard InChI is InChI=1S/C14H22N2O2/c1-5-6-7-9-16-10-8-11(17)15-12(13(16)18)14(2,3)4/h12H,7-10H2,1-4H3,(H,15,17). The van der Waals surface area contributed by atoms with Gasteiger partial charge in [-0.2, -0.15) is 0 Å². The molecule has 0 aliphatic carbocycles. The van der Waals surface area contributed by atoms with Crippen LogP contribution in [0.1, 0.15) is 40.5 Å². The first kappa shape index (κ1) is 14.6. The second-order valence-electron chi connectivity index (χ2n) is 5.62. The lowest BCUT2D eigenvalue weighted by Crippen LogP contribution is -2.52. The van der Waals surface area contributed by atoms with Crippen molar-refractivity contribution < 1.29 is 9.59 Å². The first-order valence-electron chi connectivity index (χ1n) is 6.34. The summed E-state index contributed by atoms with van der Waals surface area (Å²) >= 11 is 0. The van der Waals surface area contributed by atoms with E-state index >= 15 is 0 Å². The molecule has 0 saturated carbocycles. The molecule has 1 aliphatic rings. The summed E-state index contributed by atoms with van der Waals surface area (Å²) in [6.45, 7) is 8.76. The van der Waals surface area contributed by atoms with Gasteiger partial charge in [-0.3, -0.25) is 9.59 Å². The molecule has 1 heterocycles. The highest BCUT2D eigenvalue weighted by molar-refractivity contribution is 5.90. The van der Waals surface area contributed by atoms with Gasteiger partial charge in [-0.25, -0.2) is 0 Å². The monoisotopic (exact) mass is 250 g/mol. The molecule has 18 heavy (non-hydrogen) atoms. The molecule has 0 spiro atoms. The summed E-state index contributed by atoms with van der Waals surface area (Å²) < 4.78 is 0. The molecule has 1 N–H and O–H groups in total. The normalized spacial score (nSPS) is 20.9. The first-order chi connectivity index (χ1) is 8.36. The van der Waals surface area contributed by atoms with Crippen molar-refractivity contribution in [2.24, 2.45) is 5.41 Å². The third-order valence-electron chi connectivity index (χ3n) is 3.02. The van der Waals surface area contributed by atoms with Gasteiger partial charge in [-0.15, -0.1) is 11.8 Å². The number of nitrogens with one attached hydrogen (secondary N) is 1. The Morgan fingerprint density at radius 3 is 2.61 bits per heavy atom. The van der Waals surface area contributed by atoms with E-state index in [0.717, 1.165) is 0 Å². The third kappa shape index (κ3) is 3.76. The molecular formula is C14H22N2O2. The van der Waals surface area contributed by atoms with Gasteiger partial charge < -0.3 is 10.2 Å². The molecule has 1 aliphatic heterocycles. The smallest absolute Gasteiger partial charge is 0.245 e. The Hall–Kier alpha value is -1.50. The molecule has 0 radical (unpaired) electrons. The number of carbonyl (C=O) groups excluding carboxylic acids is 2. The van der Waals surface area contributed by atoms with Crippen LogP contribution in [0.4, 0.5) is 0 Å². The van der Waals surface area contributed by atoms with E-state index in [4.69, 9.17) is 0 Å². The number of carbonyl (C=O) groups is 2. The quantitative estimate of drug-likeness (QED) is 0.748. The molecule has 1 rings (SSSR count). The van der Waals surface area contributed by atoms with Crippen LogP contribution in [-0.4, -0.2) is 35.8 Å². The summed E-state index contributed by atoms with van der Waals surface area (Å²) in [6.07, 6.45) is 1.03. The Morgan fingerprint density at radius 1 is 1.39 bits per heavy atom. The van der Waals surface area contributed by atoms with Crippen molar-refractivity contribution in [3.8, 4) is 11.8 Å². The van der Waals surface area contributed by atoms with Crippen molar-refractivity contribution in [1.29, 1.82) is 0 Å². The fraction of sp³-hybridized carbons (Fsp3) is 0.714. The Morgan fingerprint density at radius 2 is 2.06 bits per heavy atom. The van der Waals surface area contributed by atoms with Crippen molar-refractivity contribution in [2.75, 3.05) is 13.1 Å². The molecule has 4 heteroatoms. The molecule has 100 valence electrons. The van der Waals surface area contributed by atoms with E-state index < -0.39 is 6.04 Å². The van der Waals surface area contributed by atoms with Gasteiger partial charge in [-0.05, 0) is 12.3 Å². The first-order valence-corrected chi connectivity index (χ1v) is 6.34. The molecule has 0 aromatic heterocycles. The van der Waals surface area contributed by atoms with Crippen LogP contribution in [0.2, 0.25) is 0 Å². The molecule has 0 aromatic rings. The number of hydrogen-bond acceptors (Lipinski definition) is 2. The second-order valence-corrected chi connectivity index (χ2v) is 5.62. The molecular weight excluding hydrogens is 228 g/mol. The summed E-state index contributed by atoms with van der Waals surface area (Å²) in [7, 11) is 0. The molecule has 1 atom stereocenters. The summed E-state index contributed by atoms with van der Waals surface area (Å²) in [6, 6.07) is -0.443. The predicted octanol–water partition coefficient (Wildman–Crippen LogP) is 1.16. The third-order valence-corrected chi connectivity index (χ3v) is 3.02. The lowest BCUT2D eigenvalue weighted by Gasteiger charge is -2.32. The van der Waals surface area contributed by atoms with Crippen molar-refractivity contribution in [2.45, 2.75) is 46.6 Å². The van der Waals surface area contributed by atoms with Crippen LogP contribution in [0.3, 0.4) is 0 Å². The highest BCUT2D eigenvalue weighted by Crippen LogP contribution is 2.23. The minimum absolute atomic E-state index is 0.00579. The van der Waals surface area contributed by atoms with Crippen molar-refractivity contribution in [3.05, 3.63) is 0 Å². The largest absolute Gasteiger partial charge is 0.344 e. The van der Waals surface area contributed by atoms with Crippen LogP contribution >= 0.6 is 0 Å². The van der Waals surface area contributed by atoms with Crippen molar-refractivity contribution in [1.82, 2.24) is 10.2 Å². The number of hydrogen-bond donors (Lipinski definition) is 1. The average Bonchev–Trinajstić information content (AvgIpc) is 2.41. The predicted molar refractivity (Wildman–Crippen MR) is 70.6 cm³/mol. The Kier molecular flexibility index (Phi) is 4.77. The van der Waals surface area contributed by atoms with E-state index in [0.29, 0.717) is 25.9 Å². The average molecular weight is 250 g/mol. The zero-order valence-corrected chi connectivity index (χ0v) is 11.7. The van der Waals surface area contributed by atoms with Gasteiger partial charge in [0.25, 0.3) is 0 Å². The highest BCUT2D eigenvalue weighted by Gasteiger charge is 2.37. The van der Waals surface area contributed by atoms with Gasteiger partial charge in [0.05, 0.1) is 0 Å². The SMILES string of the molecule is CC#CCCN1CCC(=O)NC(C(C)(C)C)C1=O. The van der Waals surface area contributed by atoms with Gasteiger partial charge in [0.1, 0.15) is 6.04 Å². The second kappa shape index (κ2) is 5.90. The van der Waals surface area contributed by atoms with Crippen LogP contribution < -0.4 is 5.32 Å². The topological polar surface area (TPSA) is 49.4 Å². The number of nitrogens with zero attached hydrogens (tertiary/aromatic N) is 1. The van der Waals surface area contributed by atoms with Crippen LogP contribution in [-0.2, 0) is 9.59 Å². The molecule has 4 nitrogen and oxygen atoms in total. The zero-order chi connectivity index (χ0) is 13.8. The zero-order valence-electron chi connectivity index (χ0n) is 11.7.